The lowest BCUT2D eigenvalue weighted by molar-refractivity contribution is -0.160. The summed E-state index contributed by atoms with van der Waals surface area (Å²) in [6.45, 7) is 5.28. The van der Waals surface area contributed by atoms with Crippen LogP contribution < -0.4 is 32.4 Å². The third-order valence-electron chi connectivity index (χ3n) is 11.7. The Hall–Kier alpha value is -4.43. The van der Waals surface area contributed by atoms with E-state index in [1.165, 1.54) is 17.2 Å². The minimum Gasteiger partial charge on any atom is -0.463 e. The van der Waals surface area contributed by atoms with E-state index in [2.05, 4.69) is 41.6 Å². The number of aromatic nitrogens is 4. The number of nitrogens with one attached hydrogen (secondary N) is 5. The van der Waals surface area contributed by atoms with Gasteiger partial charge in [-0.3, -0.25) is 23.7 Å². The predicted octanol–water partition coefficient (Wildman–Crippen LogP) is 0.0267. The topological polar surface area (TPSA) is 304 Å². The molecule has 0 radical (unpaired) electrons. The maximum absolute atomic E-state index is 12.9. The van der Waals surface area contributed by atoms with Gasteiger partial charge in [-0.05, 0) is 45.4 Å². The molecule has 0 bridgehead atoms. The average Bonchev–Trinajstić information content (AvgIpc) is 3.77. The van der Waals surface area contributed by atoms with E-state index < -0.39 is 36.5 Å². The summed E-state index contributed by atoms with van der Waals surface area (Å²) in [4.78, 5) is 73.9. The molecule has 4 aliphatic rings. The Morgan fingerprint density at radius 3 is 2.28 bits per heavy atom. The number of nitrogens with two attached hydrogens (primary N) is 1. The minimum absolute atomic E-state index is 0.0326. The van der Waals surface area contributed by atoms with Gasteiger partial charge in [0.1, 0.15) is 30.7 Å². The molecule has 23 nitrogen and oxygen atoms in total. The largest absolute Gasteiger partial charge is 0.463 e. The number of carbonyl (C=O) groups is 5. The molecule has 4 amide bonds. The summed E-state index contributed by atoms with van der Waals surface area (Å²) in [5.41, 5.74) is 9.36. The lowest BCUT2D eigenvalue weighted by Crippen LogP contribution is -2.39. The van der Waals surface area contributed by atoms with Crippen LogP contribution in [0, 0.1) is 0 Å². The van der Waals surface area contributed by atoms with Gasteiger partial charge in [-0.15, -0.1) is 0 Å². The van der Waals surface area contributed by atoms with Crippen molar-refractivity contribution in [1.82, 2.24) is 51.2 Å². The molecule has 65 heavy (non-hydrogen) atoms. The second-order valence-electron chi connectivity index (χ2n) is 16.7. The first kappa shape index (κ1) is 50.0. The summed E-state index contributed by atoms with van der Waals surface area (Å²) >= 11 is 1.89. The Kier molecular flexibility index (Phi) is 19.2. The van der Waals surface area contributed by atoms with E-state index in [0.717, 1.165) is 31.4 Å². The first-order valence-electron chi connectivity index (χ1n) is 22.5. The molecule has 4 saturated heterocycles. The molecule has 4 aliphatic heterocycles. The van der Waals surface area contributed by atoms with Gasteiger partial charge in [0, 0.05) is 70.0 Å². The summed E-state index contributed by atoms with van der Waals surface area (Å²) in [5.74, 6) is -0.194. The molecule has 24 heteroatoms. The molecule has 362 valence electrons. The van der Waals surface area contributed by atoms with Crippen molar-refractivity contribution >= 4 is 58.5 Å². The van der Waals surface area contributed by atoms with Crippen molar-refractivity contribution in [3.8, 4) is 0 Å². The lowest BCUT2D eigenvalue weighted by atomic mass is 10.0. The smallest absolute Gasteiger partial charge is 0.315 e. The zero-order valence-electron chi connectivity index (χ0n) is 37.2. The first-order chi connectivity index (χ1) is 31.4. The maximum atomic E-state index is 12.9. The van der Waals surface area contributed by atoms with Crippen LogP contribution in [0.4, 0.5) is 10.6 Å². The maximum Gasteiger partial charge on any atom is 0.315 e. The summed E-state index contributed by atoms with van der Waals surface area (Å²) in [6, 6.07) is 0.356. The van der Waals surface area contributed by atoms with Crippen molar-refractivity contribution in [1.29, 1.82) is 0 Å². The van der Waals surface area contributed by atoms with E-state index in [-0.39, 0.29) is 73.7 Å². The number of imidazole rings is 1. The fraction of sp³-hybridized carbons (Fsp3) is 0.756. The number of ether oxygens (including phenoxy) is 6. The first-order valence-corrected chi connectivity index (χ1v) is 23.6. The number of thioether (sulfide) groups is 1. The zero-order chi connectivity index (χ0) is 46.2. The highest BCUT2D eigenvalue weighted by Gasteiger charge is 2.49. The zero-order valence-corrected chi connectivity index (χ0v) is 38.0. The number of unbranched alkanes of at least 4 members (excludes halogenated alkanes) is 1. The van der Waals surface area contributed by atoms with Gasteiger partial charge in [-0.1, -0.05) is 6.42 Å². The van der Waals surface area contributed by atoms with Gasteiger partial charge < -0.3 is 60.5 Å². The van der Waals surface area contributed by atoms with Crippen LogP contribution in [-0.4, -0.2) is 173 Å². The van der Waals surface area contributed by atoms with Crippen LogP contribution >= 0.6 is 11.8 Å². The predicted molar refractivity (Wildman–Crippen MR) is 235 cm³/mol. The Balaban J connectivity index is 0.735. The molecule has 2 unspecified atom stereocenters. The number of nitrogens with zero attached hydrogens (tertiary/aromatic N) is 5. The number of nitrogen functional groups attached to an aromatic ring is 1. The number of urea groups is 1. The molecule has 2 aromatic rings. The Morgan fingerprint density at radius 1 is 0.908 bits per heavy atom. The average molecular weight is 936 g/mol. The van der Waals surface area contributed by atoms with Gasteiger partial charge in [-0.2, -0.15) is 11.8 Å². The van der Waals surface area contributed by atoms with Crippen molar-refractivity contribution in [2.75, 3.05) is 77.9 Å². The minimum atomic E-state index is -1.35. The van der Waals surface area contributed by atoms with E-state index in [9.17, 15) is 29.1 Å². The number of esters is 2. The summed E-state index contributed by atoms with van der Waals surface area (Å²) in [6.07, 6.45) is 3.54. The molecule has 0 saturated carbocycles. The Morgan fingerprint density at radius 2 is 1.58 bits per heavy atom. The van der Waals surface area contributed by atoms with E-state index in [0.29, 0.717) is 88.4 Å². The third-order valence-corrected chi connectivity index (χ3v) is 13.3. The molecule has 2 aromatic heterocycles. The van der Waals surface area contributed by atoms with E-state index >= 15 is 0 Å². The van der Waals surface area contributed by atoms with Crippen LogP contribution in [0.1, 0.15) is 83.8 Å². The summed E-state index contributed by atoms with van der Waals surface area (Å²) in [7, 11) is 1.87. The van der Waals surface area contributed by atoms with Crippen molar-refractivity contribution < 1.29 is 57.5 Å². The van der Waals surface area contributed by atoms with Gasteiger partial charge >= 0.3 is 18.0 Å². The Labute approximate surface area is 382 Å². The van der Waals surface area contributed by atoms with Crippen LogP contribution in [0.3, 0.4) is 0 Å². The van der Waals surface area contributed by atoms with E-state index in [1.54, 1.807) is 0 Å². The number of hydrogen-bond acceptors (Lipinski definition) is 19. The lowest BCUT2D eigenvalue weighted by Gasteiger charge is -2.21. The number of hydrogen-bond donors (Lipinski definition) is 7. The van der Waals surface area contributed by atoms with E-state index in [4.69, 9.17) is 34.2 Å². The van der Waals surface area contributed by atoms with Gasteiger partial charge in [0.2, 0.25) is 11.8 Å². The standard InChI is InChI=1S/C41H65N11O12S/c1-41(50-51(41)2)13-12-32(56)64-36-27(63-39(35(36)57)52-25-47-34-37(42)45-24-46-38(34)52)22-62-31(55)11-5-10-30(54)44-15-7-17-60-19-21-61-20-18-59-16-6-14-43-29(53)9-4-3-8-28-33-26(23-65-28)48-40(58)49-33/h24-28,33,35-36,39,50,57H,3-23H2,1-2H3,(H,43,53)(H,44,54)(H2,42,45,46)(H2,48,49,58)/t26-,27-,28-,33-,35-,36+,39-,41?,51?/m1/s1. The second kappa shape index (κ2) is 24.9. The van der Waals surface area contributed by atoms with Gasteiger partial charge in [0.15, 0.2) is 23.8 Å². The number of rotatable bonds is 30. The fourth-order valence-electron chi connectivity index (χ4n) is 7.84. The molecular weight excluding hydrogens is 871 g/mol. The monoisotopic (exact) mass is 935 g/mol. The molecule has 9 atom stereocenters. The van der Waals surface area contributed by atoms with Crippen LogP contribution in [0.15, 0.2) is 12.7 Å². The number of fused-ring (bicyclic) bond motifs is 2. The van der Waals surface area contributed by atoms with Gasteiger partial charge in [-0.25, -0.2) is 30.2 Å². The number of aliphatic hydroxyl groups is 1. The van der Waals surface area contributed by atoms with Crippen molar-refractivity contribution in [3.63, 3.8) is 0 Å². The number of hydrazine groups is 1. The highest BCUT2D eigenvalue weighted by molar-refractivity contribution is 8.00. The van der Waals surface area contributed by atoms with Crippen molar-refractivity contribution in [3.05, 3.63) is 12.7 Å². The molecular formula is C41H65N11O12S. The van der Waals surface area contributed by atoms with Crippen LogP contribution in [0.2, 0.25) is 0 Å². The SMILES string of the molecule is CN1NC1(C)CCC(=O)O[C@@H]1[C@@H](O)[C@H](n2cnc3c(N)ncnc32)O[C@@H]1COC(=O)CCCC(=O)NCCCOCCOCCOCCCNC(=O)CCCC[C@H]1SC[C@H]2NC(=O)N[C@H]21. The van der Waals surface area contributed by atoms with E-state index in [1.807, 2.05) is 30.7 Å². The molecule has 6 heterocycles. The molecule has 0 aliphatic carbocycles. The number of amides is 4. The fourth-order valence-corrected chi connectivity index (χ4v) is 9.38. The van der Waals surface area contributed by atoms with Gasteiger partial charge in [0.05, 0.1) is 50.5 Å². The molecule has 6 rings (SSSR count). The highest BCUT2D eigenvalue weighted by Crippen LogP contribution is 2.35. The van der Waals surface area contributed by atoms with Gasteiger partial charge in [0.25, 0.3) is 0 Å². The van der Waals surface area contributed by atoms with Crippen LogP contribution in [-0.2, 0) is 47.6 Å². The normalized spacial score (nSPS) is 26.7. The summed E-state index contributed by atoms with van der Waals surface area (Å²) in [5, 5.41) is 25.3. The number of anilines is 1. The number of carbonyl (C=O) groups excluding carboxylic acids is 5. The van der Waals surface area contributed by atoms with Crippen molar-refractivity contribution in [2.24, 2.45) is 0 Å². The van der Waals surface area contributed by atoms with Crippen molar-refractivity contribution in [2.45, 2.75) is 125 Å². The van der Waals surface area contributed by atoms with Crippen LogP contribution in [0.25, 0.3) is 11.2 Å². The molecule has 0 aromatic carbocycles. The molecule has 0 spiro atoms. The quantitative estimate of drug-likeness (QED) is 0.0235. The molecule has 4 fully saturated rings. The van der Waals surface area contributed by atoms with Crippen LogP contribution in [0.5, 0.6) is 0 Å². The molecule has 8 N–H and O–H groups in total. The summed E-state index contributed by atoms with van der Waals surface area (Å²) < 4.78 is 35.4. The second-order valence-corrected chi connectivity index (χ2v) is 18.0. The third kappa shape index (κ3) is 15.0. The highest BCUT2D eigenvalue weighted by atomic mass is 32.2. The number of aliphatic hydroxyl groups excluding tert-OH is 1. The Bertz CT molecular complexity index is 1900.